The summed E-state index contributed by atoms with van der Waals surface area (Å²) >= 11 is 0. The predicted octanol–water partition coefficient (Wildman–Crippen LogP) is 6.81. The second-order valence-corrected chi connectivity index (χ2v) is 14.7. The number of amides is 2. The first-order chi connectivity index (χ1) is 24.8. The van der Waals surface area contributed by atoms with E-state index >= 15 is 0 Å². The lowest BCUT2D eigenvalue weighted by atomic mass is 10.1. The zero-order valence-electron chi connectivity index (χ0n) is 27.5. The molecule has 2 amide bonds. The normalized spacial score (nSPS) is 11.4. The minimum Gasteiger partial charge on any atom is -0.465 e. The number of ether oxygens (including phenoxy) is 2. The van der Waals surface area contributed by atoms with Gasteiger partial charge in [0, 0.05) is 22.7 Å². The van der Waals surface area contributed by atoms with Crippen molar-refractivity contribution in [2.24, 2.45) is 0 Å². The second-order valence-electron chi connectivity index (χ2n) is 11.4. The van der Waals surface area contributed by atoms with Gasteiger partial charge in [0.15, 0.2) is 0 Å². The van der Waals surface area contributed by atoms with Crippen molar-refractivity contribution in [3.8, 4) is 0 Å². The fourth-order valence-corrected chi connectivity index (χ4v) is 7.43. The molecular formula is C37H30N4O9S2. The molecule has 0 atom stereocenters. The number of hydrogen-bond acceptors (Lipinski definition) is 9. The Labute approximate surface area is 298 Å². The molecule has 6 aromatic carbocycles. The smallest absolute Gasteiger partial charge is 0.337 e. The van der Waals surface area contributed by atoms with Crippen LogP contribution in [0, 0.1) is 0 Å². The van der Waals surface area contributed by atoms with E-state index in [0.29, 0.717) is 22.1 Å². The number of esters is 2. The van der Waals surface area contributed by atoms with Gasteiger partial charge in [0.2, 0.25) is 0 Å². The Morgan fingerprint density at radius 3 is 1.15 bits per heavy atom. The molecule has 6 rings (SSSR count). The van der Waals surface area contributed by atoms with Gasteiger partial charge in [-0.3, -0.25) is 9.44 Å². The van der Waals surface area contributed by atoms with Gasteiger partial charge >= 0.3 is 18.0 Å². The average Bonchev–Trinajstić information content (AvgIpc) is 3.13. The van der Waals surface area contributed by atoms with Crippen LogP contribution in [0.4, 0.5) is 27.5 Å². The summed E-state index contributed by atoms with van der Waals surface area (Å²) < 4.78 is 66.9. The van der Waals surface area contributed by atoms with Crippen molar-refractivity contribution in [2.75, 3.05) is 34.3 Å². The summed E-state index contributed by atoms with van der Waals surface area (Å²) in [5, 5.41) is 8.05. The van der Waals surface area contributed by atoms with Crippen molar-refractivity contribution in [3.05, 3.63) is 132 Å². The van der Waals surface area contributed by atoms with Crippen LogP contribution < -0.4 is 20.1 Å². The standard InChI is InChI=1S/C37H30N4O9S2/c1-49-35(42)25-5-11-29(12-6-25)40-51(45,46)33-17-9-23-3-15-31(19-27(23)21-33)38-37(44)39-32-16-4-24-10-18-34(22-28(24)20-32)52(47,48)41-30-13-7-26(8-14-30)36(43)50-2/h3-22,40-41H,1-2H3,(H2,38,39,44). The molecule has 264 valence electrons. The molecule has 0 aliphatic heterocycles. The number of methoxy groups -OCH3 is 2. The van der Waals surface area contributed by atoms with Crippen LogP contribution >= 0.6 is 0 Å². The first-order valence-corrected chi connectivity index (χ1v) is 18.4. The van der Waals surface area contributed by atoms with Gasteiger partial charge in [-0.25, -0.2) is 31.2 Å². The Kier molecular flexibility index (Phi) is 9.81. The van der Waals surface area contributed by atoms with Gasteiger partial charge in [0.1, 0.15) is 0 Å². The van der Waals surface area contributed by atoms with Gasteiger partial charge in [-0.05, 0) is 119 Å². The van der Waals surface area contributed by atoms with Crippen molar-refractivity contribution < 1.29 is 40.7 Å². The Morgan fingerprint density at radius 2 is 0.788 bits per heavy atom. The van der Waals surface area contributed by atoms with Crippen LogP contribution in [0.25, 0.3) is 21.5 Å². The van der Waals surface area contributed by atoms with E-state index in [1.165, 1.54) is 87.0 Å². The highest BCUT2D eigenvalue weighted by molar-refractivity contribution is 7.93. The molecule has 0 saturated carbocycles. The molecule has 15 heteroatoms. The van der Waals surface area contributed by atoms with Gasteiger partial charge in [-0.15, -0.1) is 0 Å². The quantitative estimate of drug-likeness (QED) is 0.110. The van der Waals surface area contributed by atoms with Crippen LogP contribution in [-0.4, -0.2) is 49.0 Å². The molecule has 4 N–H and O–H groups in total. The lowest BCUT2D eigenvalue weighted by Crippen LogP contribution is -2.19. The monoisotopic (exact) mass is 738 g/mol. The van der Waals surface area contributed by atoms with Crippen molar-refractivity contribution in [3.63, 3.8) is 0 Å². The molecule has 0 saturated heterocycles. The van der Waals surface area contributed by atoms with Crippen molar-refractivity contribution in [1.82, 2.24) is 0 Å². The number of benzene rings is 6. The minimum atomic E-state index is -3.99. The van der Waals surface area contributed by atoms with E-state index in [4.69, 9.17) is 0 Å². The average molecular weight is 739 g/mol. The summed E-state index contributed by atoms with van der Waals surface area (Å²) in [4.78, 5) is 36.3. The molecule has 0 unspecified atom stereocenters. The molecule has 0 heterocycles. The molecule has 0 aliphatic rings. The summed E-state index contributed by atoms with van der Waals surface area (Å²) in [5.41, 5.74) is 1.85. The molecule has 52 heavy (non-hydrogen) atoms. The third-order valence-corrected chi connectivity index (χ3v) is 10.6. The predicted molar refractivity (Wildman–Crippen MR) is 198 cm³/mol. The third-order valence-electron chi connectivity index (χ3n) is 7.88. The number of carbonyl (C=O) groups is 3. The maximum Gasteiger partial charge on any atom is 0.337 e. The maximum atomic E-state index is 13.1. The Balaban J connectivity index is 1.14. The molecule has 0 fully saturated rings. The topological polar surface area (TPSA) is 186 Å². The fraction of sp³-hybridized carbons (Fsp3) is 0.0541. The number of anilines is 4. The number of fused-ring (bicyclic) bond motifs is 2. The van der Waals surface area contributed by atoms with Crippen LogP contribution in [0.3, 0.4) is 0 Å². The maximum absolute atomic E-state index is 13.1. The van der Waals surface area contributed by atoms with Crippen LogP contribution in [0.5, 0.6) is 0 Å². The number of nitrogens with one attached hydrogen (secondary N) is 4. The zero-order chi connectivity index (χ0) is 37.0. The van der Waals surface area contributed by atoms with Crippen molar-refractivity contribution in [2.45, 2.75) is 9.79 Å². The lowest BCUT2D eigenvalue weighted by molar-refractivity contribution is 0.0592. The molecule has 0 aliphatic carbocycles. The van der Waals surface area contributed by atoms with Gasteiger partial charge in [0.05, 0.1) is 35.1 Å². The van der Waals surface area contributed by atoms with E-state index in [1.807, 2.05) is 0 Å². The van der Waals surface area contributed by atoms with E-state index in [0.717, 1.165) is 10.8 Å². The SMILES string of the molecule is COC(=O)c1ccc(NS(=O)(=O)c2ccc3ccc(NC(=O)Nc4ccc5ccc(S(=O)(=O)Nc6ccc(C(=O)OC)cc6)cc5c4)cc3c2)cc1. The lowest BCUT2D eigenvalue weighted by Gasteiger charge is -2.12. The Morgan fingerprint density at radius 1 is 0.442 bits per heavy atom. The summed E-state index contributed by atoms with van der Waals surface area (Å²) in [5.74, 6) is -1.09. The molecule has 6 aromatic rings. The summed E-state index contributed by atoms with van der Waals surface area (Å²) in [6.45, 7) is 0. The fourth-order valence-electron chi connectivity index (χ4n) is 5.25. The van der Waals surface area contributed by atoms with E-state index in [9.17, 15) is 31.2 Å². The third kappa shape index (κ3) is 7.96. The zero-order valence-corrected chi connectivity index (χ0v) is 29.2. The highest BCUT2D eigenvalue weighted by Crippen LogP contribution is 2.27. The largest absolute Gasteiger partial charge is 0.465 e. The molecule has 0 aromatic heterocycles. The van der Waals surface area contributed by atoms with E-state index < -0.39 is 38.0 Å². The van der Waals surface area contributed by atoms with Crippen LogP contribution in [0.1, 0.15) is 20.7 Å². The van der Waals surface area contributed by atoms with Crippen molar-refractivity contribution >= 4 is 82.3 Å². The first-order valence-electron chi connectivity index (χ1n) is 15.4. The molecule has 13 nitrogen and oxygen atoms in total. The van der Waals surface area contributed by atoms with Gasteiger partial charge in [-0.1, -0.05) is 24.3 Å². The van der Waals surface area contributed by atoms with Gasteiger partial charge < -0.3 is 20.1 Å². The van der Waals surface area contributed by atoms with Crippen LogP contribution in [0.15, 0.2) is 131 Å². The van der Waals surface area contributed by atoms with E-state index in [-0.39, 0.29) is 32.3 Å². The number of urea groups is 1. The van der Waals surface area contributed by atoms with Gasteiger partial charge in [0.25, 0.3) is 20.0 Å². The van der Waals surface area contributed by atoms with E-state index in [1.54, 1.807) is 48.5 Å². The number of rotatable bonds is 10. The molecule has 0 radical (unpaired) electrons. The molecule has 0 bridgehead atoms. The summed E-state index contributed by atoms with van der Waals surface area (Å²) in [7, 11) is -5.48. The van der Waals surface area contributed by atoms with Crippen LogP contribution in [0.2, 0.25) is 0 Å². The molecular weight excluding hydrogens is 709 g/mol. The highest BCUT2D eigenvalue weighted by atomic mass is 32.2. The molecule has 0 spiro atoms. The minimum absolute atomic E-state index is 0.0112. The Bertz CT molecular complexity index is 2400. The summed E-state index contributed by atoms with van der Waals surface area (Å²) in [6.07, 6.45) is 0. The Hall–Kier alpha value is -6.45. The van der Waals surface area contributed by atoms with Crippen molar-refractivity contribution in [1.29, 1.82) is 0 Å². The van der Waals surface area contributed by atoms with Crippen LogP contribution in [-0.2, 0) is 29.5 Å². The van der Waals surface area contributed by atoms with E-state index in [2.05, 4.69) is 29.6 Å². The second kappa shape index (κ2) is 14.4. The highest BCUT2D eigenvalue weighted by Gasteiger charge is 2.18. The summed E-state index contributed by atoms with van der Waals surface area (Å²) in [6, 6.07) is 30.3. The number of hydrogen-bond donors (Lipinski definition) is 4. The number of carbonyl (C=O) groups excluding carboxylic acids is 3. The number of sulfonamides is 2. The first kappa shape index (κ1) is 35.4. The van der Waals surface area contributed by atoms with Gasteiger partial charge in [-0.2, -0.15) is 0 Å².